The molecule has 1 saturated heterocycles. The van der Waals surface area contributed by atoms with E-state index < -0.39 is 0 Å². The van der Waals surface area contributed by atoms with E-state index in [1.165, 1.54) is 29.7 Å². The minimum atomic E-state index is -0.111. The number of rotatable bonds is 6. The Labute approximate surface area is 240 Å². The molecule has 0 spiro atoms. The Bertz CT molecular complexity index is 1490. The van der Waals surface area contributed by atoms with Gasteiger partial charge in [-0.05, 0) is 119 Å². The number of thiocarbonyl (C=S) groups is 1. The molecule has 4 aromatic rings. The van der Waals surface area contributed by atoms with Gasteiger partial charge in [0.1, 0.15) is 5.75 Å². The average Bonchev–Trinajstić information content (AvgIpc) is 3.62. The SMILES string of the molecule is Cc1c([C@@H]2[C@H](c3ccccn3)NC(=S)N2c2ccc(OC3CCCC3)cc2)c(C)n(-c2cccc(Cl)c2)c1C. The molecule has 7 heteroatoms. The van der Waals surface area contributed by atoms with Crippen molar-refractivity contribution in [2.45, 2.75) is 64.6 Å². The van der Waals surface area contributed by atoms with Crippen molar-refractivity contribution >= 4 is 34.6 Å². The number of nitrogens with one attached hydrogen (secondary N) is 1. The molecule has 6 rings (SSSR count). The van der Waals surface area contributed by atoms with Crippen LogP contribution in [0.3, 0.4) is 0 Å². The number of benzene rings is 2. The van der Waals surface area contributed by atoms with Crippen LogP contribution in [0.2, 0.25) is 5.02 Å². The summed E-state index contributed by atoms with van der Waals surface area (Å²) >= 11 is 12.4. The summed E-state index contributed by atoms with van der Waals surface area (Å²) < 4.78 is 8.54. The van der Waals surface area contributed by atoms with Gasteiger partial charge in [0, 0.05) is 39.5 Å². The molecule has 2 aliphatic rings. The molecule has 0 radical (unpaired) electrons. The Balaban J connectivity index is 1.45. The molecule has 2 aromatic heterocycles. The van der Waals surface area contributed by atoms with E-state index in [2.05, 4.69) is 72.0 Å². The van der Waals surface area contributed by atoms with Crippen molar-refractivity contribution in [3.8, 4) is 11.4 Å². The molecule has 0 amide bonds. The Hall–Kier alpha value is -3.35. The summed E-state index contributed by atoms with van der Waals surface area (Å²) in [4.78, 5) is 6.98. The fourth-order valence-electron chi connectivity index (χ4n) is 6.25. The van der Waals surface area contributed by atoms with Crippen molar-refractivity contribution in [2.75, 3.05) is 4.90 Å². The Morgan fingerprint density at radius 3 is 2.38 bits per heavy atom. The number of nitrogens with zero attached hydrogens (tertiary/aromatic N) is 3. The smallest absolute Gasteiger partial charge is 0.174 e. The van der Waals surface area contributed by atoms with Crippen molar-refractivity contribution < 1.29 is 4.74 Å². The van der Waals surface area contributed by atoms with Crippen molar-refractivity contribution in [3.63, 3.8) is 0 Å². The first kappa shape index (κ1) is 25.9. The van der Waals surface area contributed by atoms with Crippen LogP contribution in [0.4, 0.5) is 5.69 Å². The maximum absolute atomic E-state index is 6.40. The van der Waals surface area contributed by atoms with Gasteiger partial charge in [-0.25, -0.2) is 0 Å². The monoisotopic (exact) mass is 556 g/mol. The first-order chi connectivity index (χ1) is 18.9. The summed E-state index contributed by atoms with van der Waals surface area (Å²) in [5, 5.41) is 5.01. The third-order valence-electron chi connectivity index (χ3n) is 8.19. The van der Waals surface area contributed by atoms with Crippen LogP contribution >= 0.6 is 23.8 Å². The lowest BCUT2D eigenvalue weighted by Crippen LogP contribution is -2.29. The first-order valence-corrected chi connectivity index (χ1v) is 14.4. The predicted molar refractivity (Wildman–Crippen MR) is 162 cm³/mol. The molecule has 1 aliphatic carbocycles. The number of anilines is 1. The second kappa shape index (κ2) is 10.7. The van der Waals surface area contributed by atoms with Gasteiger partial charge in [-0.3, -0.25) is 4.98 Å². The van der Waals surface area contributed by atoms with Gasteiger partial charge in [0.05, 0.1) is 23.9 Å². The Kier molecular flexibility index (Phi) is 7.08. The van der Waals surface area contributed by atoms with Gasteiger partial charge in [-0.1, -0.05) is 23.7 Å². The second-order valence-corrected chi connectivity index (χ2v) is 11.4. The highest BCUT2D eigenvalue weighted by molar-refractivity contribution is 7.80. The zero-order valence-corrected chi connectivity index (χ0v) is 24.1. The highest BCUT2D eigenvalue weighted by Gasteiger charge is 2.43. The summed E-state index contributed by atoms with van der Waals surface area (Å²) in [5.41, 5.74) is 7.85. The average molecular weight is 557 g/mol. The van der Waals surface area contributed by atoms with Crippen molar-refractivity contribution in [1.82, 2.24) is 14.9 Å². The van der Waals surface area contributed by atoms with Gasteiger partial charge < -0.3 is 19.5 Å². The van der Waals surface area contributed by atoms with E-state index in [0.717, 1.165) is 46.4 Å². The van der Waals surface area contributed by atoms with E-state index in [0.29, 0.717) is 11.2 Å². The summed E-state index contributed by atoms with van der Waals surface area (Å²) in [6.45, 7) is 6.55. The zero-order valence-electron chi connectivity index (χ0n) is 22.5. The zero-order chi connectivity index (χ0) is 27.1. The fraction of sp³-hybridized carbons (Fsp3) is 0.312. The number of hydrogen-bond donors (Lipinski definition) is 1. The van der Waals surface area contributed by atoms with E-state index in [1.54, 1.807) is 0 Å². The van der Waals surface area contributed by atoms with Gasteiger partial charge in [-0.2, -0.15) is 0 Å². The summed E-state index contributed by atoms with van der Waals surface area (Å²) in [7, 11) is 0. The molecular formula is C32H33ClN4OS. The van der Waals surface area contributed by atoms with E-state index in [9.17, 15) is 0 Å². The molecule has 0 bridgehead atoms. The van der Waals surface area contributed by atoms with E-state index >= 15 is 0 Å². The molecule has 2 aromatic carbocycles. The number of hydrogen-bond acceptors (Lipinski definition) is 3. The highest BCUT2D eigenvalue weighted by atomic mass is 35.5. The highest BCUT2D eigenvalue weighted by Crippen LogP contribution is 2.45. The number of pyridine rings is 1. The lowest BCUT2D eigenvalue weighted by Gasteiger charge is -2.29. The quantitative estimate of drug-likeness (QED) is 0.244. The van der Waals surface area contributed by atoms with Crippen LogP contribution in [0.1, 0.15) is 66.0 Å². The molecule has 1 N–H and O–H groups in total. The molecule has 200 valence electrons. The van der Waals surface area contributed by atoms with Gasteiger partial charge in [0.2, 0.25) is 0 Å². The molecule has 1 aliphatic heterocycles. The van der Waals surface area contributed by atoms with Crippen LogP contribution in [0.15, 0.2) is 72.9 Å². The van der Waals surface area contributed by atoms with Gasteiger partial charge >= 0.3 is 0 Å². The number of aromatic nitrogens is 2. The molecule has 1 saturated carbocycles. The van der Waals surface area contributed by atoms with Gasteiger partial charge in [0.25, 0.3) is 0 Å². The summed E-state index contributed by atoms with van der Waals surface area (Å²) in [5.74, 6) is 0.914. The topological polar surface area (TPSA) is 42.3 Å². The van der Waals surface area contributed by atoms with Gasteiger partial charge in [0.15, 0.2) is 5.11 Å². The molecule has 0 unspecified atom stereocenters. The molecule has 2 atom stereocenters. The van der Waals surface area contributed by atoms with Crippen molar-refractivity contribution in [2.24, 2.45) is 0 Å². The lowest BCUT2D eigenvalue weighted by molar-refractivity contribution is 0.210. The second-order valence-electron chi connectivity index (χ2n) is 10.5. The van der Waals surface area contributed by atoms with Crippen LogP contribution in [0.5, 0.6) is 5.75 Å². The molecular weight excluding hydrogens is 524 g/mol. The standard InChI is InChI=1S/C32H33ClN4OS/c1-20-21(2)36(25-10-8-9-23(33)19-25)22(3)29(20)31-30(28-13-6-7-18-34-28)35-32(39)37(31)24-14-16-27(17-15-24)38-26-11-4-5-12-26/h6-10,13-19,26,30-31H,4-5,11-12H2,1-3H3,(H,35,39)/t30-,31+/m0/s1. The van der Waals surface area contributed by atoms with E-state index in [1.807, 2.05) is 36.5 Å². The lowest BCUT2D eigenvalue weighted by atomic mass is 9.93. The fourth-order valence-corrected chi connectivity index (χ4v) is 6.78. The molecule has 2 fully saturated rings. The van der Waals surface area contributed by atoms with E-state index in [4.69, 9.17) is 33.5 Å². The number of halogens is 1. The normalized spacial score (nSPS) is 19.5. The Morgan fingerprint density at radius 2 is 1.69 bits per heavy atom. The van der Waals surface area contributed by atoms with Crippen LogP contribution in [-0.4, -0.2) is 20.8 Å². The van der Waals surface area contributed by atoms with E-state index in [-0.39, 0.29) is 12.1 Å². The number of ether oxygens (including phenoxy) is 1. The third kappa shape index (κ3) is 4.81. The minimum Gasteiger partial charge on any atom is -0.490 e. The predicted octanol–water partition coefficient (Wildman–Crippen LogP) is 7.95. The van der Waals surface area contributed by atoms with Crippen LogP contribution < -0.4 is 15.0 Å². The van der Waals surface area contributed by atoms with Crippen LogP contribution in [-0.2, 0) is 0 Å². The minimum absolute atomic E-state index is 0.0897. The van der Waals surface area contributed by atoms with Crippen molar-refractivity contribution in [1.29, 1.82) is 0 Å². The maximum atomic E-state index is 6.40. The largest absolute Gasteiger partial charge is 0.490 e. The van der Waals surface area contributed by atoms with Crippen molar-refractivity contribution in [3.05, 3.63) is 106 Å². The maximum Gasteiger partial charge on any atom is 0.174 e. The first-order valence-electron chi connectivity index (χ1n) is 13.6. The summed E-state index contributed by atoms with van der Waals surface area (Å²) in [6.07, 6.45) is 6.94. The summed E-state index contributed by atoms with van der Waals surface area (Å²) in [6, 6.07) is 22.3. The molecule has 3 heterocycles. The van der Waals surface area contributed by atoms with Crippen LogP contribution in [0, 0.1) is 20.8 Å². The van der Waals surface area contributed by atoms with Gasteiger partial charge in [-0.15, -0.1) is 0 Å². The third-order valence-corrected chi connectivity index (χ3v) is 8.74. The van der Waals surface area contributed by atoms with Crippen LogP contribution in [0.25, 0.3) is 5.69 Å². The molecule has 5 nitrogen and oxygen atoms in total. The molecule has 39 heavy (non-hydrogen) atoms. The Morgan fingerprint density at radius 1 is 0.923 bits per heavy atom.